The fourth-order valence-corrected chi connectivity index (χ4v) is 17.9. The Kier molecular flexibility index (Phi) is 32.7. The van der Waals surface area contributed by atoms with E-state index >= 15 is 0 Å². The largest absolute Gasteiger partial charge is 2.00 e. The van der Waals surface area contributed by atoms with Gasteiger partial charge in [-0.15, -0.1) is 25.2 Å². The Balaban J connectivity index is 0.000000287. The third kappa shape index (κ3) is 26.6. The van der Waals surface area contributed by atoms with E-state index in [0.717, 1.165) is 73.5 Å². The van der Waals surface area contributed by atoms with Crippen LogP contribution in [0.1, 0.15) is 288 Å². The molecule has 0 aromatic carbocycles. The fourth-order valence-electron chi connectivity index (χ4n) is 17.9. The monoisotopic (exact) mass is 1770 g/mol. The van der Waals surface area contributed by atoms with Gasteiger partial charge in [0.15, 0.2) is 0 Å². The Morgan fingerprint density at radius 1 is 0.245 bits per heavy atom. The van der Waals surface area contributed by atoms with Crippen LogP contribution >= 0.6 is 0 Å². The minimum atomic E-state index is 0. The number of piperazine rings is 6. The Bertz CT molecular complexity index is 1990. The van der Waals surface area contributed by atoms with Gasteiger partial charge in [-0.3, -0.25) is 49.0 Å². The second-order valence-corrected chi connectivity index (χ2v) is 42.6. The van der Waals surface area contributed by atoms with Crippen LogP contribution in [-0.4, -0.2) is 257 Å². The summed E-state index contributed by atoms with van der Waals surface area (Å²) in [6.07, 6.45) is 8.19. The molecule has 0 saturated carbocycles. The summed E-state index contributed by atoms with van der Waals surface area (Å²) in [5, 5.41) is 9.05. The fraction of sp³-hybridized carbons (Fsp3) is 0.975. The maximum Gasteiger partial charge on any atom is 2.00 e. The maximum absolute atomic E-state index is 4.53. The molecule has 12 rings (SSSR count). The van der Waals surface area contributed by atoms with E-state index in [9.17, 15) is 0 Å². The molecule has 12 aliphatic heterocycles. The molecule has 0 radical (unpaired) electrons. The van der Waals surface area contributed by atoms with Crippen molar-refractivity contribution >= 4 is 0 Å². The Labute approximate surface area is 635 Å². The van der Waals surface area contributed by atoms with E-state index in [4.69, 9.17) is 0 Å². The van der Waals surface area contributed by atoms with Crippen LogP contribution in [0.5, 0.6) is 0 Å². The van der Waals surface area contributed by atoms with Crippen molar-refractivity contribution in [3.05, 3.63) is 22.5 Å². The standard InChI is InChI=1S/2C14H28N2.2C13H26N2.2C9H17N2.2C4H9.2U/c2*1-13(2,3)10-15-8-12-7-11(15)9-16(12)14(4,5)6;2*1-12(2,3)14-8-11-7-10(14)9-15(11)13(4,5)6;2*1-9(2,3)11-6-7-4-8(11)5-10-7;2*1-4(2)3;;/h2*11-12H,7-10H2,1-6H3;2*10-11H,7-9H2,1-6H3;2*7-8H,4-6H2,1-3H3;2*1-3H3;;/q;;;;4*-1;2*+2/t2*11-,12-;2*10-,11-;2*7-,8-;;;;/m101010..../s1. The van der Waals surface area contributed by atoms with E-state index in [2.05, 4.69) is 309 Å². The summed E-state index contributed by atoms with van der Waals surface area (Å²) in [6, 6.07) is 9.33. The minimum absolute atomic E-state index is 0. The van der Waals surface area contributed by atoms with Gasteiger partial charge < -0.3 is 22.5 Å². The average molecular weight is 1770 g/mol. The Morgan fingerprint density at radius 2 is 0.415 bits per heavy atom. The SMILES string of the molecule is CC(C)(C)CN1C[C@@H]2C[C@H]1CN2C(C)(C)C.CC(C)(C)CN1C[C@H]2C[C@@H]1CN2C(C)(C)C.CC(C)(C)N1C[C@@H]2C[C@H]1CN2C(C)(C)C.CC(C)(C)N1C[C@@H]2C[C@H]1C[N-]2.CC(C)(C)N1C[C@H]2C[C@@H]1CN2C(C)(C)C.CC(C)(C)N1C[C@H]2C[C@@H]1C[N-]2.C[C-](C)C.C[C-](C)C.[U+2].[U+2]. The molecule has 12 fully saturated rings. The molecule has 12 heterocycles. The molecule has 94 heavy (non-hydrogen) atoms. The first kappa shape index (κ1) is 89.8. The van der Waals surface area contributed by atoms with E-state index in [1.807, 2.05) is 0 Å². The van der Waals surface area contributed by atoms with Crippen LogP contribution in [-0.2, 0) is 0 Å². The molecule has 0 amide bonds. The van der Waals surface area contributed by atoms with Crippen LogP contribution in [0.4, 0.5) is 0 Å². The van der Waals surface area contributed by atoms with Gasteiger partial charge in [0.05, 0.1) is 0 Å². The second-order valence-electron chi connectivity index (χ2n) is 42.6. The third-order valence-corrected chi connectivity index (χ3v) is 21.4. The molecule has 0 spiro atoms. The molecule has 12 aliphatic rings. The summed E-state index contributed by atoms with van der Waals surface area (Å²) in [4.78, 5) is 26.8. The zero-order valence-electron chi connectivity index (χ0n) is 69.4. The molecule has 0 unspecified atom stereocenters. The summed E-state index contributed by atoms with van der Waals surface area (Å²) < 4.78 is 0. The van der Waals surface area contributed by atoms with Crippen molar-refractivity contribution in [1.29, 1.82) is 0 Å². The van der Waals surface area contributed by atoms with E-state index in [1.165, 1.54) is 129 Å². The van der Waals surface area contributed by atoms with Crippen molar-refractivity contribution in [3.8, 4) is 0 Å². The molecule has 0 N–H and O–H groups in total. The average Bonchev–Trinajstić information content (AvgIpc) is 1.65. The molecule has 14 heteroatoms. The molecule has 12 atom stereocenters. The first-order chi connectivity index (χ1) is 41.3. The van der Waals surface area contributed by atoms with Crippen LogP contribution in [0.3, 0.4) is 0 Å². The van der Waals surface area contributed by atoms with Crippen LogP contribution in [0, 0.1) is 84.9 Å². The van der Waals surface area contributed by atoms with Gasteiger partial charge in [0.25, 0.3) is 0 Å². The van der Waals surface area contributed by atoms with E-state index < -0.39 is 0 Å². The molecule has 12 saturated heterocycles. The van der Waals surface area contributed by atoms with Crippen LogP contribution < -0.4 is 0 Å². The number of hydrogen-bond donors (Lipinski definition) is 0. The normalized spacial score (nSPS) is 31.7. The minimum Gasteiger partial charge on any atom is -0.657 e. The van der Waals surface area contributed by atoms with Gasteiger partial charge in [-0.1, -0.05) is 54.4 Å². The molecular formula is C80H160N12U2. The molecule has 0 aromatic heterocycles. The van der Waals surface area contributed by atoms with Crippen molar-refractivity contribution in [1.82, 2.24) is 49.0 Å². The van der Waals surface area contributed by atoms with Crippen molar-refractivity contribution in [3.63, 3.8) is 0 Å². The first-order valence-electron chi connectivity index (χ1n) is 37.8. The first-order valence-corrected chi connectivity index (χ1v) is 37.8. The topological polar surface area (TPSA) is 60.6 Å². The van der Waals surface area contributed by atoms with E-state index in [-0.39, 0.29) is 62.2 Å². The summed E-state index contributed by atoms with van der Waals surface area (Å²) in [7, 11) is 0. The summed E-state index contributed by atoms with van der Waals surface area (Å²) in [5.74, 6) is 2.83. The van der Waals surface area contributed by atoms with Gasteiger partial charge >= 0.3 is 62.2 Å². The van der Waals surface area contributed by atoms with Gasteiger partial charge in [0.1, 0.15) is 0 Å². The second kappa shape index (κ2) is 34.2. The summed E-state index contributed by atoms with van der Waals surface area (Å²) in [5.41, 5.74) is 3.71. The van der Waals surface area contributed by atoms with Gasteiger partial charge in [-0.25, -0.2) is 0 Å². The van der Waals surface area contributed by atoms with Gasteiger partial charge in [-0.2, -0.15) is 41.5 Å². The van der Waals surface area contributed by atoms with Crippen molar-refractivity contribution in [2.24, 2.45) is 10.8 Å². The third-order valence-electron chi connectivity index (χ3n) is 21.4. The van der Waals surface area contributed by atoms with E-state index in [1.54, 1.807) is 0 Å². The number of hydrogen-bond acceptors (Lipinski definition) is 10. The predicted octanol–water partition coefficient (Wildman–Crippen LogP) is 16.3. The van der Waals surface area contributed by atoms with Crippen molar-refractivity contribution in [2.75, 3.05) is 91.6 Å². The summed E-state index contributed by atoms with van der Waals surface area (Å²) in [6.45, 7) is 99.9. The number of fused-ring (bicyclic) bond motifs is 12. The number of nitrogens with zero attached hydrogens (tertiary/aromatic N) is 12. The molecule has 548 valence electrons. The molecule has 0 aliphatic carbocycles. The van der Waals surface area contributed by atoms with Gasteiger partial charge in [0.2, 0.25) is 0 Å². The molecule has 12 bridgehead atoms. The Morgan fingerprint density at radius 3 is 0.532 bits per heavy atom. The van der Waals surface area contributed by atoms with Crippen LogP contribution in [0.25, 0.3) is 10.6 Å². The predicted molar refractivity (Wildman–Crippen MR) is 404 cm³/mol. The van der Waals surface area contributed by atoms with Crippen molar-refractivity contribution in [2.45, 2.75) is 405 Å². The summed E-state index contributed by atoms with van der Waals surface area (Å²) >= 11 is 0. The van der Waals surface area contributed by atoms with Crippen LogP contribution in [0.2, 0.25) is 0 Å². The quantitative estimate of drug-likeness (QED) is 0.250. The zero-order valence-corrected chi connectivity index (χ0v) is 77.8. The zero-order chi connectivity index (χ0) is 70.4. The maximum atomic E-state index is 4.53. The molecular weight excluding hydrogens is 1610 g/mol. The number of likely N-dealkylation sites (tertiary alicyclic amines) is 10. The Hall–Kier alpha value is 1.62. The van der Waals surface area contributed by atoms with Crippen LogP contribution in [0.15, 0.2) is 0 Å². The smallest absolute Gasteiger partial charge is 0.657 e. The molecule has 12 nitrogen and oxygen atoms in total. The number of rotatable bonds is 2. The van der Waals surface area contributed by atoms with Gasteiger partial charge in [-0.05, 0) is 228 Å². The van der Waals surface area contributed by atoms with E-state index in [0.29, 0.717) is 67.2 Å². The van der Waals surface area contributed by atoms with Crippen molar-refractivity contribution < 1.29 is 62.2 Å². The molecule has 0 aromatic rings. The van der Waals surface area contributed by atoms with Gasteiger partial charge in [0, 0.05) is 158 Å².